The molecule has 1 aromatic heterocycles. The molecule has 0 saturated carbocycles. The van der Waals surface area contributed by atoms with Gasteiger partial charge in [-0.3, -0.25) is 0 Å². The summed E-state index contributed by atoms with van der Waals surface area (Å²) in [5.74, 6) is 0. The summed E-state index contributed by atoms with van der Waals surface area (Å²) in [5.41, 5.74) is 1.06. The van der Waals surface area contributed by atoms with Crippen LogP contribution in [0.15, 0.2) is 0 Å². The number of aromatic nitrogens is 1. The van der Waals surface area contributed by atoms with Gasteiger partial charge in [0.2, 0.25) is 0 Å². The molecule has 0 fully saturated rings. The number of anilines is 1. The highest BCUT2D eigenvalue weighted by atomic mass is 32.2. The van der Waals surface area contributed by atoms with E-state index < -0.39 is 10.2 Å². The average Bonchev–Trinajstić information content (AvgIpc) is 2.89. The minimum Gasteiger partial charge on any atom is -0.320 e. The fourth-order valence-corrected chi connectivity index (χ4v) is 4.20. The van der Waals surface area contributed by atoms with E-state index in [4.69, 9.17) is 0 Å². The highest BCUT2D eigenvalue weighted by Gasteiger charge is 2.22. The van der Waals surface area contributed by atoms with Crippen molar-refractivity contribution in [2.45, 2.75) is 25.7 Å². The fraction of sp³-hybridized carbons (Fsp3) is 0.727. The summed E-state index contributed by atoms with van der Waals surface area (Å²) in [6, 6.07) is 0. The topological polar surface area (TPSA) is 74.3 Å². The van der Waals surface area contributed by atoms with E-state index in [9.17, 15) is 8.42 Å². The zero-order valence-electron chi connectivity index (χ0n) is 11.3. The monoisotopic (exact) mass is 304 g/mol. The van der Waals surface area contributed by atoms with Gasteiger partial charge in [0.25, 0.3) is 0 Å². The molecule has 1 heterocycles. The van der Waals surface area contributed by atoms with Crippen LogP contribution in [0, 0.1) is 0 Å². The Labute approximate surface area is 118 Å². The second-order valence-corrected chi connectivity index (χ2v) is 7.49. The number of hydrogen-bond acceptors (Lipinski definition) is 5. The second-order valence-electron chi connectivity index (χ2n) is 4.63. The average molecular weight is 304 g/mol. The summed E-state index contributed by atoms with van der Waals surface area (Å²) in [4.78, 5) is 5.56. The van der Waals surface area contributed by atoms with Crippen LogP contribution in [0.2, 0.25) is 0 Å². The lowest BCUT2D eigenvalue weighted by Gasteiger charge is -2.16. The minimum absolute atomic E-state index is 0.487. The normalized spacial score (nSPS) is 14.9. The van der Waals surface area contributed by atoms with Crippen LogP contribution in [0.1, 0.15) is 23.4 Å². The second kappa shape index (κ2) is 6.17. The summed E-state index contributed by atoms with van der Waals surface area (Å²) in [5, 5.41) is 3.49. The van der Waals surface area contributed by atoms with Crippen molar-refractivity contribution in [2.24, 2.45) is 0 Å². The zero-order chi connectivity index (χ0) is 13.9. The molecule has 1 aliphatic rings. The van der Waals surface area contributed by atoms with Crippen LogP contribution in [0.4, 0.5) is 5.13 Å². The molecule has 0 aromatic carbocycles. The number of nitrogens with one attached hydrogen (secondary N) is 2. The van der Waals surface area contributed by atoms with Gasteiger partial charge in [0, 0.05) is 18.5 Å². The molecule has 2 rings (SSSR count). The SMILES string of the molecule is CNCCCN(C)S(=O)(=O)Nc1nc2c(s1)CCC2. The predicted molar refractivity (Wildman–Crippen MR) is 77.9 cm³/mol. The van der Waals surface area contributed by atoms with Gasteiger partial charge < -0.3 is 5.32 Å². The molecule has 1 aromatic rings. The smallest absolute Gasteiger partial charge is 0.303 e. The Kier molecular flexibility index (Phi) is 4.77. The molecule has 0 bridgehead atoms. The Morgan fingerprint density at radius 1 is 1.42 bits per heavy atom. The van der Waals surface area contributed by atoms with Crippen molar-refractivity contribution >= 4 is 26.7 Å². The quantitative estimate of drug-likeness (QED) is 0.732. The van der Waals surface area contributed by atoms with Crippen molar-refractivity contribution in [3.05, 3.63) is 10.6 Å². The Morgan fingerprint density at radius 2 is 2.21 bits per heavy atom. The Bertz CT molecular complexity index is 505. The number of rotatable bonds is 7. The first kappa shape index (κ1) is 14.7. The molecule has 0 spiro atoms. The van der Waals surface area contributed by atoms with Gasteiger partial charge in [0.15, 0.2) is 5.13 Å². The van der Waals surface area contributed by atoms with Crippen LogP contribution < -0.4 is 10.0 Å². The molecule has 0 saturated heterocycles. The lowest BCUT2D eigenvalue weighted by Crippen LogP contribution is -2.34. The van der Waals surface area contributed by atoms with Crippen LogP contribution >= 0.6 is 11.3 Å². The fourth-order valence-electron chi connectivity index (χ4n) is 2.02. The van der Waals surface area contributed by atoms with E-state index in [-0.39, 0.29) is 0 Å². The van der Waals surface area contributed by atoms with Crippen LogP contribution in [0.5, 0.6) is 0 Å². The summed E-state index contributed by atoms with van der Waals surface area (Å²) < 4.78 is 28.1. The molecule has 108 valence electrons. The Balaban J connectivity index is 1.95. The van der Waals surface area contributed by atoms with E-state index in [2.05, 4.69) is 15.0 Å². The summed E-state index contributed by atoms with van der Waals surface area (Å²) in [6.45, 7) is 1.28. The zero-order valence-corrected chi connectivity index (χ0v) is 12.9. The van der Waals surface area contributed by atoms with Gasteiger partial charge in [-0.15, -0.1) is 11.3 Å². The predicted octanol–water partition coefficient (Wildman–Crippen LogP) is 0.830. The van der Waals surface area contributed by atoms with Crippen LogP contribution in [0.3, 0.4) is 0 Å². The van der Waals surface area contributed by atoms with Gasteiger partial charge >= 0.3 is 10.2 Å². The van der Waals surface area contributed by atoms with Crippen molar-refractivity contribution in [1.29, 1.82) is 0 Å². The van der Waals surface area contributed by atoms with E-state index in [0.29, 0.717) is 11.7 Å². The molecular weight excluding hydrogens is 284 g/mol. The maximum atomic E-state index is 12.1. The number of hydrogen-bond donors (Lipinski definition) is 2. The van der Waals surface area contributed by atoms with Gasteiger partial charge in [-0.05, 0) is 39.3 Å². The molecular formula is C11H20N4O2S2. The van der Waals surface area contributed by atoms with E-state index in [1.54, 1.807) is 7.05 Å². The van der Waals surface area contributed by atoms with Crippen molar-refractivity contribution in [3.8, 4) is 0 Å². The van der Waals surface area contributed by atoms with Crippen LogP contribution in [-0.4, -0.2) is 44.9 Å². The third kappa shape index (κ3) is 3.65. The molecule has 0 aliphatic heterocycles. The molecule has 0 amide bonds. The first-order chi connectivity index (χ1) is 9.03. The van der Waals surface area contributed by atoms with Crippen molar-refractivity contribution < 1.29 is 8.42 Å². The highest BCUT2D eigenvalue weighted by Crippen LogP contribution is 2.30. The van der Waals surface area contributed by atoms with E-state index >= 15 is 0 Å². The van der Waals surface area contributed by atoms with Gasteiger partial charge in [-0.1, -0.05) is 0 Å². The third-order valence-corrected chi connectivity index (χ3v) is 5.78. The van der Waals surface area contributed by atoms with Crippen LogP contribution in [-0.2, 0) is 23.1 Å². The van der Waals surface area contributed by atoms with Gasteiger partial charge in [0.05, 0.1) is 5.69 Å². The van der Waals surface area contributed by atoms with Crippen molar-refractivity contribution in [1.82, 2.24) is 14.6 Å². The first-order valence-corrected chi connectivity index (χ1v) is 8.66. The Morgan fingerprint density at radius 3 is 2.89 bits per heavy atom. The number of nitrogens with zero attached hydrogens (tertiary/aromatic N) is 2. The van der Waals surface area contributed by atoms with E-state index in [1.165, 1.54) is 20.5 Å². The first-order valence-electron chi connectivity index (χ1n) is 6.40. The highest BCUT2D eigenvalue weighted by molar-refractivity contribution is 7.90. The molecule has 0 radical (unpaired) electrons. The lowest BCUT2D eigenvalue weighted by atomic mass is 10.4. The largest absolute Gasteiger partial charge is 0.320 e. The third-order valence-electron chi connectivity index (χ3n) is 3.12. The maximum Gasteiger partial charge on any atom is 0.303 e. The molecule has 8 heteroatoms. The summed E-state index contributed by atoms with van der Waals surface area (Å²) in [7, 11) is -0.0442. The molecule has 2 N–H and O–H groups in total. The van der Waals surface area contributed by atoms with Crippen molar-refractivity contribution in [2.75, 3.05) is 31.9 Å². The molecule has 6 nitrogen and oxygen atoms in total. The summed E-state index contributed by atoms with van der Waals surface area (Å²) in [6.07, 6.45) is 3.89. The van der Waals surface area contributed by atoms with E-state index in [0.717, 1.165) is 37.9 Å². The molecule has 0 atom stereocenters. The van der Waals surface area contributed by atoms with E-state index in [1.807, 2.05) is 7.05 Å². The lowest BCUT2D eigenvalue weighted by molar-refractivity contribution is 0.462. The molecule has 19 heavy (non-hydrogen) atoms. The number of fused-ring (bicyclic) bond motifs is 1. The standard InChI is InChI=1S/C11H20N4O2S2/c1-12-7-4-8-15(2)19(16,17)14-11-13-9-5-3-6-10(9)18-11/h12H,3-8H2,1-2H3,(H,13,14). The number of thiazole rings is 1. The van der Waals surface area contributed by atoms with Gasteiger partial charge in [-0.2, -0.15) is 12.7 Å². The molecule has 1 aliphatic carbocycles. The number of aryl methyl sites for hydroxylation is 2. The maximum absolute atomic E-state index is 12.1. The van der Waals surface area contributed by atoms with Crippen LogP contribution in [0.25, 0.3) is 0 Å². The molecule has 0 unspecified atom stereocenters. The summed E-state index contributed by atoms with van der Waals surface area (Å²) >= 11 is 1.45. The van der Waals surface area contributed by atoms with Gasteiger partial charge in [0.1, 0.15) is 0 Å². The minimum atomic E-state index is -3.48. The van der Waals surface area contributed by atoms with Gasteiger partial charge in [-0.25, -0.2) is 9.71 Å². The van der Waals surface area contributed by atoms with Crippen molar-refractivity contribution in [3.63, 3.8) is 0 Å². The Hall–Kier alpha value is -0.700.